The van der Waals surface area contributed by atoms with E-state index in [-0.39, 0.29) is 17.4 Å². The number of thiophene rings is 1. The van der Waals surface area contributed by atoms with Gasteiger partial charge in [-0.15, -0.1) is 11.3 Å². The van der Waals surface area contributed by atoms with E-state index >= 15 is 0 Å². The zero-order valence-electron chi connectivity index (χ0n) is 15.8. The number of nitrogens with one attached hydrogen (secondary N) is 1. The number of fused-ring (bicyclic) bond motifs is 2. The molecule has 0 amide bonds. The van der Waals surface area contributed by atoms with E-state index in [1.807, 2.05) is 18.2 Å². The van der Waals surface area contributed by atoms with Crippen molar-refractivity contribution in [2.75, 3.05) is 18.7 Å². The summed E-state index contributed by atoms with van der Waals surface area (Å²) in [5.41, 5.74) is 1.38. The highest BCUT2D eigenvalue weighted by Gasteiger charge is 2.33. The standard InChI is InChI=1S/C20H14F3N5O2S/c21-20(22,23)16-8-12-17(26-4-3-11-1-2-14-15(7-11)30-10-29-14)27-18(28-19(12)31-16)13-9-24-5-6-25-13/h1-2,5-9H,3-4,10H2,(H,26,27,28). The molecule has 0 bridgehead atoms. The molecule has 4 heterocycles. The number of nitrogens with zero attached hydrogens (tertiary/aromatic N) is 4. The average Bonchev–Trinajstić information content (AvgIpc) is 3.40. The lowest BCUT2D eigenvalue weighted by Crippen LogP contribution is -2.08. The first-order chi connectivity index (χ1) is 15.0. The maximum absolute atomic E-state index is 13.3. The predicted octanol–water partition coefficient (Wildman–Crippen LogP) is 4.55. The highest BCUT2D eigenvalue weighted by atomic mass is 32.1. The summed E-state index contributed by atoms with van der Waals surface area (Å²) in [5.74, 6) is 1.90. The van der Waals surface area contributed by atoms with Crippen molar-refractivity contribution >= 4 is 27.4 Å². The first-order valence-electron chi connectivity index (χ1n) is 9.25. The Labute approximate surface area is 177 Å². The van der Waals surface area contributed by atoms with Crippen LogP contribution in [0.1, 0.15) is 10.4 Å². The molecule has 1 N–H and O–H groups in total. The first-order valence-corrected chi connectivity index (χ1v) is 10.1. The quantitative estimate of drug-likeness (QED) is 0.483. The monoisotopic (exact) mass is 445 g/mol. The van der Waals surface area contributed by atoms with E-state index in [9.17, 15) is 13.2 Å². The summed E-state index contributed by atoms with van der Waals surface area (Å²) >= 11 is 0.576. The molecular formula is C20H14F3N5O2S. The minimum Gasteiger partial charge on any atom is -0.454 e. The van der Waals surface area contributed by atoms with Gasteiger partial charge in [-0.2, -0.15) is 13.2 Å². The first kappa shape index (κ1) is 19.5. The number of halogens is 3. The Morgan fingerprint density at radius 2 is 1.94 bits per heavy atom. The van der Waals surface area contributed by atoms with Gasteiger partial charge in [-0.25, -0.2) is 15.0 Å². The molecule has 1 aliphatic heterocycles. The number of rotatable bonds is 5. The molecule has 5 rings (SSSR count). The normalized spacial score (nSPS) is 13.0. The second kappa shape index (κ2) is 7.65. The van der Waals surface area contributed by atoms with E-state index < -0.39 is 11.1 Å². The maximum atomic E-state index is 13.3. The Balaban J connectivity index is 1.45. The summed E-state index contributed by atoms with van der Waals surface area (Å²) in [4.78, 5) is 16.3. The van der Waals surface area contributed by atoms with Crippen LogP contribution in [0.2, 0.25) is 0 Å². The second-order valence-electron chi connectivity index (χ2n) is 6.68. The van der Waals surface area contributed by atoms with Crippen molar-refractivity contribution in [1.29, 1.82) is 0 Å². The fourth-order valence-electron chi connectivity index (χ4n) is 3.15. The molecule has 0 saturated heterocycles. The number of benzene rings is 1. The lowest BCUT2D eigenvalue weighted by Gasteiger charge is -2.09. The van der Waals surface area contributed by atoms with E-state index in [1.165, 1.54) is 18.6 Å². The molecule has 7 nitrogen and oxygen atoms in total. The van der Waals surface area contributed by atoms with Gasteiger partial charge >= 0.3 is 6.18 Å². The number of anilines is 1. The molecule has 1 aliphatic rings. The van der Waals surface area contributed by atoms with Crippen LogP contribution in [0, 0.1) is 0 Å². The molecule has 11 heteroatoms. The van der Waals surface area contributed by atoms with Gasteiger partial charge < -0.3 is 14.8 Å². The van der Waals surface area contributed by atoms with Gasteiger partial charge in [0, 0.05) is 18.9 Å². The van der Waals surface area contributed by atoms with E-state index in [2.05, 4.69) is 25.3 Å². The van der Waals surface area contributed by atoms with Crippen LogP contribution in [-0.2, 0) is 12.6 Å². The summed E-state index contributed by atoms with van der Waals surface area (Å²) in [6.45, 7) is 0.643. The van der Waals surface area contributed by atoms with Gasteiger partial charge in [0.05, 0.1) is 11.6 Å². The molecule has 31 heavy (non-hydrogen) atoms. The second-order valence-corrected chi connectivity index (χ2v) is 7.71. The van der Waals surface area contributed by atoms with Crippen LogP contribution >= 0.6 is 11.3 Å². The van der Waals surface area contributed by atoms with Gasteiger partial charge in [0.25, 0.3) is 0 Å². The Kier molecular flexibility index (Phi) is 4.81. The van der Waals surface area contributed by atoms with E-state index in [0.29, 0.717) is 52.7 Å². The number of hydrogen-bond donors (Lipinski definition) is 1. The third kappa shape index (κ3) is 3.96. The zero-order valence-corrected chi connectivity index (χ0v) is 16.6. The van der Waals surface area contributed by atoms with Crippen molar-refractivity contribution in [3.63, 3.8) is 0 Å². The molecule has 3 aromatic heterocycles. The Hall–Kier alpha value is -3.47. The Morgan fingerprint density at radius 1 is 1.06 bits per heavy atom. The third-order valence-electron chi connectivity index (χ3n) is 4.61. The molecule has 0 aliphatic carbocycles. The molecule has 0 radical (unpaired) electrons. The highest BCUT2D eigenvalue weighted by Crippen LogP contribution is 2.40. The largest absolute Gasteiger partial charge is 0.454 e. The Morgan fingerprint density at radius 3 is 2.74 bits per heavy atom. The molecule has 158 valence electrons. The summed E-state index contributed by atoms with van der Waals surface area (Å²) in [6.07, 6.45) is 0.598. The summed E-state index contributed by atoms with van der Waals surface area (Å²) in [5, 5.41) is 3.46. The van der Waals surface area contributed by atoms with E-state index in [4.69, 9.17) is 9.47 Å². The smallest absolute Gasteiger partial charge is 0.425 e. The fraction of sp³-hybridized carbons (Fsp3) is 0.200. The summed E-state index contributed by atoms with van der Waals surface area (Å²) in [7, 11) is 0. The van der Waals surface area contributed by atoms with Gasteiger partial charge in [0.2, 0.25) is 6.79 Å². The van der Waals surface area contributed by atoms with E-state index in [1.54, 1.807) is 0 Å². The van der Waals surface area contributed by atoms with Crippen LogP contribution in [0.15, 0.2) is 42.9 Å². The van der Waals surface area contributed by atoms with Crippen molar-refractivity contribution in [2.24, 2.45) is 0 Å². The van der Waals surface area contributed by atoms with Gasteiger partial charge in [-0.1, -0.05) is 6.07 Å². The Bertz CT molecular complexity index is 1250. The van der Waals surface area contributed by atoms with Crippen LogP contribution in [0.4, 0.5) is 19.0 Å². The van der Waals surface area contributed by atoms with Gasteiger partial charge in [0.15, 0.2) is 17.3 Å². The average molecular weight is 445 g/mol. The molecule has 0 spiro atoms. The van der Waals surface area contributed by atoms with E-state index in [0.717, 1.165) is 11.6 Å². The van der Waals surface area contributed by atoms with Crippen LogP contribution < -0.4 is 14.8 Å². The topological polar surface area (TPSA) is 82.0 Å². The maximum Gasteiger partial charge on any atom is 0.425 e. The number of alkyl halides is 3. The van der Waals surface area contributed by atoms with Crippen molar-refractivity contribution in [3.05, 3.63) is 53.3 Å². The van der Waals surface area contributed by atoms with Crippen LogP contribution in [0.5, 0.6) is 11.5 Å². The highest BCUT2D eigenvalue weighted by molar-refractivity contribution is 7.18. The molecule has 0 atom stereocenters. The number of aromatic nitrogens is 4. The van der Waals surface area contributed by atoms with Gasteiger partial charge in [-0.05, 0) is 30.2 Å². The molecule has 0 unspecified atom stereocenters. The number of hydrogen-bond acceptors (Lipinski definition) is 8. The zero-order chi connectivity index (χ0) is 21.4. The van der Waals surface area contributed by atoms with Crippen molar-refractivity contribution in [3.8, 4) is 23.0 Å². The summed E-state index contributed by atoms with van der Waals surface area (Å²) in [6, 6.07) is 6.71. The minimum atomic E-state index is -4.46. The molecule has 4 aromatic rings. The van der Waals surface area contributed by atoms with Crippen molar-refractivity contribution in [2.45, 2.75) is 12.6 Å². The van der Waals surface area contributed by atoms with Gasteiger partial charge in [0.1, 0.15) is 21.2 Å². The van der Waals surface area contributed by atoms with Crippen molar-refractivity contribution < 1.29 is 22.6 Å². The van der Waals surface area contributed by atoms with Crippen LogP contribution in [0.3, 0.4) is 0 Å². The molecule has 0 fully saturated rings. The summed E-state index contributed by atoms with van der Waals surface area (Å²) < 4.78 is 50.5. The lowest BCUT2D eigenvalue weighted by molar-refractivity contribution is -0.134. The minimum absolute atomic E-state index is 0.195. The van der Waals surface area contributed by atoms with Crippen LogP contribution in [0.25, 0.3) is 21.7 Å². The van der Waals surface area contributed by atoms with Gasteiger partial charge in [-0.3, -0.25) is 4.98 Å². The fourth-order valence-corrected chi connectivity index (χ4v) is 4.05. The molecular weight excluding hydrogens is 431 g/mol. The third-order valence-corrected chi connectivity index (χ3v) is 5.68. The molecule has 0 saturated carbocycles. The lowest BCUT2D eigenvalue weighted by atomic mass is 10.1. The van der Waals surface area contributed by atoms with Crippen molar-refractivity contribution in [1.82, 2.24) is 19.9 Å². The predicted molar refractivity (Wildman–Crippen MR) is 108 cm³/mol. The SMILES string of the molecule is FC(F)(F)c1cc2c(NCCc3ccc4c(c3)OCO4)nc(-c3cnccn3)nc2s1. The van der Waals surface area contributed by atoms with Crippen LogP contribution in [-0.4, -0.2) is 33.3 Å². The number of ether oxygens (including phenoxy) is 2. The molecule has 1 aromatic carbocycles.